The number of rotatable bonds is 4. The molecule has 0 atom stereocenters. The molecule has 1 amide bonds. The summed E-state index contributed by atoms with van der Waals surface area (Å²) in [7, 11) is 2.01. The van der Waals surface area contributed by atoms with Crippen LogP contribution in [0.25, 0.3) is 0 Å². The topological polar surface area (TPSA) is 32.3 Å². The monoisotopic (exact) mass is 266 g/mol. The Kier molecular flexibility index (Phi) is 3.97. The van der Waals surface area contributed by atoms with Crippen LogP contribution in [0.5, 0.6) is 0 Å². The van der Waals surface area contributed by atoms with Gasteiger partial charge < -0.3 is 10.2 Å². The fraction of sp³-hybridized carbons (Fsp3) is 0.938. The zero-order valence-corrected chi connectivity index (χ0v) is 13.3. The molecule has 19 heavy (non-hydrogen) atoms. The standard InChI is InChI=1S/C16H30N2O/c1-15(2)13(16(15,3)4)14(19)18-10-7-12(8-11-18)6-9-17-5/h12-13,17H,6-11H2,1-5H3. The van der Waals surface area contributed by atoms with Gasteiger partial charge in [0.15, 0.2) is 0 Å². The van der Waals surface area contributed by atoms with Crippen molar-refractivity contribution in [3.05, 3.63) is 0 Å². The average molecular weight is 266 g/mol. The van der Waals surface area contributed by atoms with Crippen molar-refractivity contribution >= 4 is 5.91 Å². The summed E-state index contributed by atoms with van der Waals surface area (Å²) in [5.41, 5.74) is 0.347. The van der Waals surface area contributed by atoms with E-state index in [2.05, 4.69) is 37.9 Å². The van der Waals surface area contributed by atoms with Gasteiger partial charge in [0.05, 0.1) is 0 Å². The Hall–Kier alpha value is -0.570. The summed E-state index contributed by atoms with van der Waals surface area (Å²) < 4.78 is 0. The van der Waals surface area contributed by atoms with Gasteiger partial charge in [-0.3, -0.25) is 4.79 Å². The minimum absolute atomic E-state index is 0.174. The molecular formula is C16H30N2O. The molecule has 0 aromatic heterocycles. The third-order valence-corrected chi connectivity index (χ3v) is 6.00. The Morgan fingerprint density at radius 1 is 1.16 bits per heavy atom. The lowest BCUT2D eigenvalue weighted by atomic mass is 9.93. The molecule has 1 saturated heterocycles. The summed E-state index contributed by atoms with van der Waals surface area (Å²) in [5, 5.41) is 3.22. The maximum absolute atomic E-state index is 12.6. The van der Waals surface area contributed by atoms with E-state index in [4.69, 9.17) is 0 Å². The number of amides is 1. The smallest absolute Gasteiger partial charge is 0.226 e. The SMILES string of the molecule is CNCCC1CCN(C(=O)C2C(C)(C)C2(C)C)CC1. The predicted octanol–water partition coefficient (Wildman–Crippen LogP) is 2.52. The van der Waals surface area contributed by atoms with Gasteiger partial charge in [-0.25, -0.2) is 0 Å². The first kappa shape index (κ1) is 14.8. The molecule has 0 spiro atoms. The Bertz CT molecular complexity index is 327. The average Bonchev–Trinajstić information content (AvgIpc) is 2.77. The van der Waals surface area contributed by atoms with Crippen LogP contribution >= 0.6 is 0 Å². The highest BCUT2D eigenvalue weighted by molar-refractivity contribution is 5.84. The highest BCUT2D eigenvalue weighted by Gasteiger charge is 2.68. The van der Waals surface area contributed by atoms with E-state index in [-0.39, 0.29) is 16.7 Å². The second-order valence-corrected chi connectivity index (χ2v) is 7.54. The van der Waals surface area contributed by atoms with E-state index in [1.165, 1.54) is 19.3 Å². The number of carbonyl (C=O) groups is 1. The molecule has 1 saturated carbocycles. The fourth-order valence-corrected chi connectivity index (χ4v) is 3.79. The first-order chi connectivity index (χ1) is 8.82. The van der Waals surface area contributed by atoms with E-state index in [9.17, 15) is 4.79 Å². The largest absolute Gasteiger partial charge is 0.342 e. The summed E-state index contributed by atoms with van der Waals surface area (Å²) >= 11 is 0. The van der Waals surface area contributed by atoms with Crippen molar-refractivity contribution in [2.75, 3.05) is 26.7 Å². The van der Waals surface area contributed by atoms with Crippen LogP contribution in [0.1, 0.15) is 47.0 Å². The molecule has 3 heteroatoms. The van der Waals surface area contributed by atoms with Crippen molar-refractivity contribution in [3.63, 3.8) is 0 Å². The van der Waals surface area contributed by atoms with Gasteiger partial charge in [-0.05, 0) is 49.6 Å². The fourth-order valence-electron chi connectivity index (χ4n) is 3.79. The van der Waals surface area contributed by atoms with Gasteiger partial charge >= 0.3 is 0 Å². The second kappa shape index (κ2) is 5.08. The van der Waals surface area contributed by atoms with Gasteiger partial charge in [0.1, 0.15) is 0 Å². The van der Waals surface area contributed by atoms with Gasteiger partial charge in [0, 0.05) is 19.0 Å². The molecule has 2 rings (SSSR count). The van der Waals surface area contributed by atoms with Crippen LogP contribution in [0.3, 0.4) is 0 Å². The van der Waals surface area contributed by atoms with Crippen LogP contribution < -0.4 is 5.32 Å². The van der Waals surface area contributed by atoms with Crippen molar-refractivity contribution in [1.29, 1.82) is 0 Å². The van der Waals surface area contributed by atoms with Crippen molar-refractivity contribution in [3.8, 4) is 0 Å². The highest BCUT2D eigenvalue weighted by atomic mass is 16.2. The van der Waals surface area contributed by atoms with Crippen LogP contribution in [-0.4, -0.2) is 37.5 Å². The van der Waals surface area contributed by atoms with Gasteiger partial charge in [-0.15, -0.1) is 0 Å². The summed E-state index contributed by atoms with van der Waals surface area (Å²) in [5.74, 6) is 1.44. The molecule has 2 aliphatic rings. The Balaban J connectivity index is 1.84. The van der Waals surface area contributed by atoms with Crippen LogP contribution in [-0.2, 0) is 4.79 Å². The Morgan fingerprint density at radius 3 is 2.11 bits per heavy atom. The van der Waals surface area contributed by atoms with E-state index in [1.807, 2.05) is 7.05 Å². The second-order valence-electron chi connectivity index (χ2n) is 7.54. The van der Waals surface area contributed by atoms with E-state index >= 15 is 0 Å². The molecule has 0 aromatic carbocycles. The number of nitrogens with zero attached hydrogens (tertiary/aromatic N) is 1. The molecule has 1 heterocycles. The molecule has 1 aliphatic carbocycles. The minimum Gasteiger partial charge on any atom is -0.342 e. The molecule has 0 bridgehead atoms. The lowest BCUT2D eigenvalue weighted by Crippen LogP contribution is -2.40. The van der Waals surface area contributed by atoms with Crippen molar-refractivity contribution in [2.45, 2.75) is 47.0 Å². The number of piperidine rings is 1. The zero-order chi connectivity index (χ0) is 14.3. The predicted molar refractivity (Wildman–Crippen MR) is 78.9 cm³/mol. The Morgan fingerprint density at radius 2 is 1.68 bits per heavy atom. The highest BCUT2D eigenvalue weighted by Crippen LogP contribution is 2.68. The third-order valence-electron chi connectivity index (χ3n) is 6.00. The zero-order valence-electron chi connectivity index (χ0n) is 13.3. The summed E-state index contributed by atoms with van der Waals surface area (Å²) in [6.45, 7) is 12.0. The summed E-state index contributed by atoms with van der Waals surface area (Å²) in [6, 6.07) is 0. The van der Waals surface area contributed by atoms with Crippen molar-refractivity contribution in [1.82, 2.24) is 10.2 Å². The number of likely N-dealkylation sites (tertiary alicyclic amines) is 1. The van der Waals surface area contributed by atoms with Gasteiger partial charge in [-0.1, -0.05) is 27.7 Å². The Labute approximate surface area is 118 Å². The lowest BCUT2D eigenvalue weighted by molar-refractivity contribution is -0.135. The molecule has 0 aromatic rings. The minimum atomic E-state index is 0.174. The van der Waals surface area contributed by atoms with Crippen LogP contribution in [0.2, 0.25) is 0 Å². The molecule has 110 valence electrons. The molecule has 0 radical (unpaired) electrons. The maximum Gasteiger partial charge on any atom is 0.226 e. The van der Waals surface area contributed by atoms with E-state index in [0.717, 1.165) is 25.6 Å². The number of hydrogen-bond acceptors (Lipinski definition) is 2. The van der Waals surface area contributed by atoms with E-state index < -0.39 is 0 Å². The van der Waals surface area contributed by atoms with E-state index in [1.54, 1.807) is 0 Å². The van der Waals surface area contributed by atoms with Gasteiger partial charge in [0.2, 0.25) is 5.91 Å². The number of nitrogens with one attached hydrogen (secondary N) is 1. The first-order valence-corrected chi connectivity index (χ1v) is 7.75. The van der Waals surface area contributed by atoms with Crippen molar-refractivity contribution < 1.29 is 4.79 Å². The molecule has 0 unspecified atom stereocenters. The van der Waals surface area contributed by atoms with Crippen LogP contribution in [0.4, 0.5) is 0 Å². The molecule has 1 aliphatic heterocycles. The molecule has 1 N–H and O–H groups in total. The van der Waals surface area contributed by atoms with Gasteiger partial charge in [0.25, 0.3) is 0 Å². The number of hydrogen-bond donors (Lipinski definition) is 1. The molecule has 3 nitrogen and oxygen atoms in total. The first-order valence-electron chi connectivity index (χ1n) is 7.75. The third kappa shape index (κ3) is 2.54. The maximum atomic E-state index is 12.6. The number of carbonyl (C=O) groups excluding carboxylic acids is 1. The van der Waals surface area contributed by atoms with E-state index in [0.29, 0.717) is 5.91 Å². The van der Waals surface area contributed by atoms with Crippen molar-refractivity contribution in [2.24, 2.45) is 22.7 Å². The summed E-state index contributed by atoms with van der Waals surface area (Å²) in [4.78, 5) is 14.7. The summed E-state index contributed by atoms with van der Waals surface area (Å²) in [6.07, 6.45) is 3.61. The molecule has 2 fully saturated rings. The lowest BCUT2D eigenvalue weighted by Gasteiger charge is -2.32. The van der Waals surface area contributed by atoms with Crippen LogP contribution in [0.15, 0.2) is 0 Å². The molecular weight excluding hydrogens is 236 g/mol. The van der Waals surface area contributed by atoms with Gasteiger partial charge in [-0.2, -0.15) is 0 Å². The van der Waals surface area contributed by atoms with Crippen LogP contribution in [0, 0.1) is 22.7 Å². The normalized spacial score (nSPS) is 26.5. The quantitative estimate of drug-likeness (QED) is 0.848.